The number of ether oxygens (including phenoxy) is 2. The van der Waals surface area contributed by atoms with Gasteiger partial charge >= 0.3 is 0 Å². The van der Waals surface area contributed by atoms with Crippen molar-refractivity contribution in [2.45, 2.75) is 68.1 Å². The molecule has 0 amide bonds. The molecule has 4 atom stereocenters. The second kappa shape index (κ2) is 7.75. The number of hydrogen-bond acceptors (Lipinski definition) is 2. The minimum Gasteiger partial charge on any atom is -0.378 e. The van der Waals surface area contributed by atoms with Crippen LogP contribution in [-0.4, -0.2) is 29.7 Å². The molecule has 0 bridgehead atoms. The largest absolute Gasteiger partial charge is 0.378 e. The lowest BCUT2D eigenvalue weighted by atomic mass is 9.95. The SMILES string of the molecule is Br[C@H]1C[C@@H](CC2CCCO2)O[C@@H](CCc2ccccc2)C1. The van der Waals surface area contributed by atoms with Gasteiger partial charge in [-0.25, -0.2) is 0 Å². The molecule has 116 valence electrons. The molecule has 1 unspecified atom stereocenters. The van der Waals surface area contributed by atoms with Gasteiger partial charge in [0, 0.05) is 11.4 Å². The summed E-state index contributed by atoms with van der Waals surface area (Å²) >= 11 is 3.82. The topological polar surface area (TPSA) is 18.5 Å². The van der Waals surface area contributed by atoms with Gasteiger partial charge in [0.2, 0.25) is 0 Å². The van der Waals surface area contributed by atoms with Gasteiger partial charge in [0.1, 0.15) is 0 Å². The van der Waals surface area contributed by atoms with Crippen molar-refractivity contribution < 1.29 is 9.47 Å². The quantitative estimate of drug-likeness (QED) is 0.726. The molecule has 1 aromatic carbocycles. The van der Waals surface area contributed by atoms with Crippen LogP contribution in [0.5, 0.6) is 0 Å². The number of rotatable bonds is 5. The normalized spacial score (nSPS) is 33.2. The molecule has 1 aromatic rings. The van der Waals surface area contributed by atoms with Gasteiger partial charge in [-0.2, -0.15) is 0 Å². The van der Waals surface area contributed by atoms with E-state index in [9.17, 15) is 0 Å². The molecule has 0 saturated carbocycles. The smallest absolute Gasteiger partial charge is 0.0614 e. The summed E-state index contributed by atoms with van der Waals surface area (Å²) < 4.78 is 12.1. The van der Waals surface area contributed by atoms with Crippen LogP contribution < -0.4 is 0 Å². The molecule has 0 N–H and O–H groups in total. The van der Waals surface area contributed by atoms with E-state index in [4.69, 9.17) is 9.47 Å². The van der Waals surface area contributed by atoms with E-state index in [1.54, 1.807) is 0 Å². The first-order valence-corrected chi connectivity index (χ1v) is 9.16. The summed E-state index contributed by atoms with van der Waals surface area (Å²) in [6, 6.07) is 10.7. The van der Waals surface area contributed by atoms with Crippen molar-refractivity contribution >= 4 is 15.9 Å². The lowest BCUT2D eigenvalue weighted by Crippen LogP contribution is -2.35. The van der Waals surface area contributed by atoms with E-state index in [1.807, 2.05) is 0 Å². The maximum atomic E-state index is 6.33. The zero-order valence-electron chi connectivity index (χ0n) is 12.5. The van der Waals surface area contributed by atoms with E-state index in [0.29, 0.717) is 23.1 Å². The molecule has 3 rings (SSSR count). The minimum absolute atomic E-state index is 0.368. The number of halogens is 1. The third-order valence-electron chi connectivity index (χ3n) is 4.57. The molecule has 2 aliphatic heterocycles. The zero-order chi connectivity index (χ0) is 14.5. The van der Waals surface area contributed by atoms with Crippen LogP contribution in [0.4, 0.5) is 0 Å². The summed E-state index contributed by atoms with van der Waals surface area (Å²) in [5, 5.41) is 0. The highest BCUT2D eigenvalue weighted by Crippen LogP contribution is 2.31. The predicted octanol–water partition coefficient (Wildman–Crippen LogP) is 4.50. The van der Waals surface area contributed by atoms with E-state index in [0.717, 1.165) is 38.7 Å². The van der Waals surface area contributed by atoms with E-state index < -0.39 is 0 Å². The van der Waals surface area contributed by atoms with Crippen molar-refractivity contribution in [1.29, 1.82) is 0 Å². The first-order valence-electron chi connectivity index (χ1n) is 8.24. The van der Waals surface area contributed by atoms with Gasteiger partial charge in [0.25, 0.3) is 0 Å². The van der Waals surface area contributed by atoms with Gasteiger partial charge < -0.3 is 9.47 Å². The fourth-order valence-electron chi connectivity index (χ4n) is 3.48. The summed E-state index contributed by atoms with van der Waals surface area (Å²) in [5.41, 5.74) is 1.41. The number of aryl methyl sites for hydroxylation is 1. The highest BCUT2D eigenvalue weighted by molar-refractivity contribution is 9.09. The van der Waals surface area contributed by atoms with E-state index in [-0.39, 0.29) is 0 Å². The average Bonchev–Trinajstić information content (AvgIpc) is 2.99. The Morgan fingerprint density at radius 3 is 2.62 bits per heavy atom. The molecule has 3 heteroatoms. The Morgan fingerprint density at radius 1 is 1.05 bits per heavy atom. The van der Waals surface area contributed by atoms with Crippen LogP contribution >= 0.6 is 15.9 Å². The Kier molecular flexibility index (Phi) is 5.73. The molecular formula is C18H25BrO2. The van der Waals surface area contributed by atoms with E-state index in [2.05, 4.69) is 46.3 Å². The molecule has 2 aliphatic rings. The maximum absolute atomic E-state index is 6.33. The number of benzene rings is 1. The van der Waals surface area contributed by atoms with Crippen molar-refractivity contribution in [2.24, 2.45) is 0 Å². The van der Waals surface area contributed by atoms with Crippen molar-refractivity contribution in [3.05, 3.63) is 35.9 Å². The van der Waals surface area contributed by atoms with Crippen LogP contribution in [0.3, 0.4) is 0 Å². The lowest BCUT2D eigenvalue weighted by Gasteiger charge is -2.34. The summed E-state index contributed by atoms with van der Waals surface area (Å²) in [6.45, 7) is 0.937. The molecule has 0 aliphatic carbocycles. The molecule has 0 spiro atoms. The number of hydrogen-bond donors (Lipinski definition) is 0. The molecule has 2 nitrogen and oxygen atoms in total. The molecule has 2 fully saturated rings. The molecular weight excluding hydrogens is 328 g/mol. The van der Waals surface area contributed by atoms with Gasteiger partial charge in [-0.3, -0.25) is 0 Å². The van der Waals surface area contributed by atoms with Crippen LogP contribution in [0.15, 0.2) is 30.3 Å². The first-order chi connectivity index (χ1) is 10.3. The van der Waals surface area contributed by atoms with Crippen LogP contribution in [0.25, 0.3) is 0 Å². The molecule has 21 heavy (non-hydrogen) atoms. The maximum Gasteiger partial charge on any atom is 0.0614 e. The fraction of sp³-hybridized carbons (Fsp3) is 0.667. The van der Waals surface area contributed by atoms with Crippen molar-refractivity contribution in [2.75, 3.05) is 6.61 Å². The minimum atomic E-state index is 0.368. The van der Waals surface area contributed by atoms with Gasteiger partial charge in [-0.1, -0.05) is 46.3 Å². The molecule has 0 aromatic heterocycles. The first kappa shape index (κ1) is 15.5. The van der Waals surface area contributed by atoms with Crippen molar-refractivity contribution in [3.8, 4) is 0 Å². The number of alkyl halides is 1. The third kappa shape index (κ3) is 4.80. The van der Waals surface area contributed by atoms with Gasteiger partial charge in [0.05, 0.1) is 18.3 Å². The van der Waals surface area contributed by atoms with Gasteiger partial charge in [-0.05, 0) is 50.5 Å². The Morgan fingerprint density at radius 2 is 1.86 bits per heavy atom. The Balaban J connectivity index is 1.48. The summed E-state index contributed by atoms with van der Waals surface area (Å²) in [4.78, 5) is 0.596. The monoisotopic (exact) mass is 352 g/mol. The summed E-state index contributed by atoms with van der Waals surface area (Å²) in [6.07, 6.45) is 9.17. The Bertz CT molecular complexity index is 416. The standard InChI is InChI=1S/C18H25BrO2/c19-15-11-17(9-8-14-5-2-1-3-6-14)21-18(12-15)13-16-7-4-10-20-16/h1-3,5-6,15-18H,4,7-13H2/t15-,16?,17+,18+/m1/s1. The summed E-state index contributed by atoms with van der Waals surface area (Å²) in [5.74, 6) is 0. The zero-order valence-corrected chi connectivity index (χ0v) is 14.1. The Hall–Kier alpha value is -0.380. The molecule has 2 heterocycles. The summed E-state index contributed by atoms with van der Waals surface area (Å²) in [7, 11) is 0. The average molecular weight is 353 g/mol. The van der Waals surface area contributed by atoms with Crippen molar-refractivity contribution in [1.82, 2.24) is 0 Å². The fourth-order valence-corrected chi connectivity index (χ4v) is 4.32. The van der Waals surface area contributed by atoms with Crippen LogP contribution in [0, 0.1) is 0 Å². The molecule has 2 saturated heterocycles. The van der Waals surface area contributed by atoms with Gasteiger partial charge in [-0.15, -0.1) is 0 Å². The van der Waals surface area contributed by atoms with E-state index in [1.165, 1.54) is 18.4 Å². The highest BCUT2D eigenvalue weighted by Gasteiger charge is 2.30. The lowest BCUT2D eigenvalue weighted by molar-refractivity contribution is -0.0704. The third-order valence-corrected chi connectivity index (χ3v) is 5.32. The second-order valence-corrected chi connectivity index (χ2v) is 7.64. The second-order valence-electron chi connectivity index (χ2n) is 6.34. The Labute approximate surface area is 136 Å². The van der Waals surface area contributed by atoms with Gasteiger partial charge in [0.15, 0.2) is 0 Å². The van der Waals surface area contributed by atoms with Crippen molar-refractivity contribution in [3.63, 3.8) is 0 Å². The van der Waals surface area contributed by atoms with Crippen LogP contribution in [0.2, 0.25) is 0 Å². The molecule has 0 radical (unpaired) electrons. The van der Waals surface area contributed by atoms with Crippen LogP contribution in [-0.2, 0) is 15.9 Å². The van der Waals surface area contributed by atoms with E-state index >= 15 is 0 Å². The van der Waals surface area contributed by atoms with Crippen LogP contribution in [0.1, 0.15) is 44.1 Å². The highest BCUT2D eigenvalue weighted by atomic mass is 79.9. The predicted molar refractivity (Wildman–Crippen MR) is 89.0 cm³/mol.